The molecule has 1 N–H and O–H groups in total. The third-order valence-corrected chi connectivity index (χ3v) is 8.09. The number of thiazole rings is 1. The first-order chi connectivity index (χ1) is 20.2. The van der Waals surface area contributed by atoms with Crippen LogP contribution < -0.4 is 19.1 Å². The lowest BCUT2D eigenvalue weighted by atomic mass is 9.94. The number of amides is 1. The van der Waals surface area contributed by atoms with Crippen LogP contribution in [0.25, 0.3) is 5.76 Å². The molecule has 220 valence electrons. The van der Waals surface area contributed by atoms with Crippen LogP contribution in [-0.4, -0.2) is 53.7 Å². The van der Waals surface area contributed by atoms with Gasteiger partial charge in [0.25, 0.3) is 5.78 Å². The van der Waals surface area contributed by atoms with Crippen LogP contribution in [0, 0.1) is 6.92 Å². The number of carbonyl (C=O) groups is 3. The molecule has 0 bridgehead atoms. The minimum atomic E-state index is -1.07. The van der Waals surface area contributed by atoms with Crippen LogP contribution in [0.5, 0.6) is 17.2 Å². The molecule has 2 atom stereocenters. The van der Waals surface area contributed by atoms with Crippen LogP contribution in [0.15, 0.2) is 42.0 Å². The fraction of sp³-hybridized carbons (Fsp3) is 0.355. The number of aliphatic hydroxyl groups excluding tert-OH is 1. The average molecular weight is 593 g/mol. The molecule has 1 fully saturated rings. The second-order valence-electron chi connectivity index (χ2n) is 9.83. The number of aryl methyl sites for hydroxylation is 1. The van der Waals surface area contributed by atoms with E-state index in [4.69, 9.17) is 18.9 Å². The van der Waals surface area contributed by atoms with Gasteiger partial charge in [-0.3, -0.25) is 14.5 Å². The Hall–Kier alpha value is -4.38. The van der Waals surface area contributed by atoms with Gasteiger partial charge in [-0.1, -0.05) is 17.4 Å². The molecule has 10 nitrogen and oxygen atoms in total. The summed E-state index contributed by atoms with van der Waals surface area (Å²) in [6.07, 6.45) is 0.644. The zero-order valence-corrected chi connectivity index (χ0v) is 24.9. The maximum Gasteiger partial charge on any atom is 0.350 e. The van der Waals surface area contributed by atoms with Crippen molar-refractivity contribution in [2.75, 3.05) is 24.7 Å². The fourth-order valence-corrected chi connectivity index (χ4v) is 6.17. The number of rotatable bonds is 9. The van der Waals surface area contributed by atoms with E-state index in [1.165, 1.54) is 4.90 Å². The van der Waals surface area contributed by atoms with Crippen molar-refractivity contribution in [2.24, 2.45) is 0 Å². The Morgan fingerprint density at radius 2 is 1.81 bits per heavy atom. The van der Waals surface area contributed by atoms with Crippen LogP contribution in [-0.2, 0) is 20.7 Å². The Kier molecular flexibility index (Phi) is 8.22. The maximum absolute atomic E-state index is 13.7. The molecule has 42 heavy (non-hydrogen) atoms. The highest BCUT2D eigenvalue weighted by atomic mass is 32.1. The zero-order valence-electron chi connectivity index (χ0n) is 24.1. The van der Waals surface area contributed by atoms with Crippen molar-refractivity contribution >= 4 is 39.9 Å². The predicted octanol–water partition coefficient (Wildman–Crippen LogP) is 5.38. The Balaban J connectivity index is 1.69. The Bertz CT molecular complexity index is 1590. The number of ketones is 1. The van der Waals surface area contributed by atoms with Gasteiger partial charge in [-0.2, -0.15) is 0 Å². The monoisotopic (exact) mass is 592 g/mol. The number of Topliss-reactive ketones (excluding diaryl/α,β-unsaturated/α-hetero) is 1. The number of aromatic nitrogens is 1. The van der Waals surface area contributed by atoms with Crippen molar-refractivity contribution < 1.29 is 38.4 Å². The molecule has 1 amide bonds. The van der Waals surface area contributed by atoms with Gasteiger partial charge >= 0.3 is 11.9 Å². The quantitative estimate of drug-likeness (QED) is 0.151. The molecule has 3 aromatic rings. The highest BCUT2D eigenvalue weighted by Crippen LogP contribution is 2.46. The molecule has 0 spiro atoms. The second kappa shape index (κ2) is 11.8. The summed E-state index contributed by atoms with van der Waals surface area (Å²) in [5, 5.41) is 11.8. The van der Waals surface area contributed by atoms with Gasteiger partial charge in [0.2, 0.25) is 0 Å². The van der Waals surface area contributed by atoms with E-state index in [9.17, 15) is 19.5 Å². The summed E-state index contributed by atoms with van der Waals surface area (Å²) in [4.78, 5) is 45.8. The molecule has 0 aliphatic carbocycles. The van der Waals surface area contributed by atoms with Gasteiger partial charge in [0.15, 0.2) is 16.6 Å². The van der Waals surface area contributed by atoms with E-state index in [1.807, 2.05) is 20.8 Å². The van der Waals surface area contributed by atoms with Gasteiger partial charge in [0.05, 0.1) is 37.1 Å². The smallest absolute Gasteiger partial charge is 0.350 e. The lowest BCUT2D eigenvalue weighted by Gasteiger charge is -2.24. The van der Waals surface area contributed by atoms with E-state index in [2.05, 4.69) is 4.98 Å². The molecule has 11 heteroatoms. The molecule has 1 aromatic heterocycles. The molecule has 5 rings (SSSR count). The Labute approximate surface area is 247 Å². The van der Waals surface area contributed by atoms with Crippen LogP contribution in [0.1, 0.15) is 65.8 Å². The molecule has 2 aliphatic rings. The highest BCUT2D eigenvalue weighted by molar-refractivity contribution is 7.17. The van der Waals surface area contributed by atoms with Gasteiger partial charge in [0, 0.05) is 12.0 Å². The number of anilines is 1. The van der Waals surface area contributed by atoms with E-state index in [0.29, 0.717) is 53.7 Å². The number of hydrogen-bond donors (Lipinski definition) is 1. The van der Waals surface area contributed by atoms with Gasteiger partial charge in [-0.25, -0.2) is 9.78 Å². The molecule has 0 saturated carbocycles. The highest BCUT2D eigenvalue weighted by Gasteiger charge is 2.49. The van der Waals surface area contributed by atoms with Gasteiger partial charge in [-0.05, 0) is 76.1 Å². The standard InChI is InChI=1S/C31H32N2O8S/c1-6-38-22-12-9-18(15-23(22)39-7-2)25-24(26(34)19-10-11-21-20(14-19)13-16(4)41-21)27(35)29(36)33(25)31-32-17(5)28(42-31)30(37)40-8-3/h9-12,14-16,25,34H,6-8,13H2,1-5H3/b26-24+. The van der Waals surface area contributed by atoms with E-state index in [-0.39, 0.29) is 34.1 Å². The number of hydrogen-bond acceptors (Lipinski definition) is 10. The van der Waals surface area contributed by atoms with Gasteiger partial charge in [-0.15, -0.1) is 0 Å². The van der Waals surface area contributed by atoms with Crippen molar-refractivity contribution in [1.29, 1.82) is 0 Å². The predicted molar refractivity (Wildman–Crippen MR) is 157 cm³/mol. The number of fused-ring (bicyclic) bond motifs is 1. The van der Waals surface area contributed by atoms with E-state index < -0.39 is 23.7 Å². The number of benzene rings is 2. The lowest BCUT2D eigenvalue weighted by Crippen LogP contribution is -2.29. The first kappa shape index (κ1) is 29.1. The van der Waals surface area contributed by atoms with E-state index in [0.717, 1.165) is 16.9 Å². The largest absolute Gasteiger partial charge is 0.507 e. The summed E-state index contributed by atoms with van der Waals surface area (Å²) in [7, 11) is 0. The minimum absolute atomic E-state index is 0.00875. The number of ether oxygens (including phenoxy) is 4. The van der Waals surface area contributed by atoms with Crippen LogP contribution in [0.2, 0.25) is 0 Å². The first-order valence-corrected chi connectivity index (χ1v) is 14.6. The molecule has 2 aromatic carbocycles. The van der Waals surface area contributed by atoms with Crippen molar-refractivity contribution in [2.45, 2.75) is 53.2 Å². The SMILES string of the molecule is CCOC(=O)c1sc(N2C(=O)C(=O)/C(=C(/O)c3ccc4c(c3)CC(C)O4)C2c2ccc(OCC)c(OCC)c2)nc1C. The number of nitrogens with zero attached hydrogens (tertiary/aromatic N) is 2. The van der Waals surface area contributed by atoms with Crippen molar-refractivity contribution in [3.8, 4) is 17.2 Å². The topological polar surface area (TPSA) is 124 Å². The summed E-state index contributed by atoms with van der Waals surface area (Å²) < 4.78 is 22.5. The summed E-state index contributed by atoms with van der Waals surface area (Å²) >= 11 is 0.951. The van der Waals surface area contributed by atoms with Gasteiger partial charge < -0.3 is 24.1 Å². The summed E-state index contributed by atoms with van der Waals surface area (Å²) in [5.41, 5.74) is 2.03. The molecule has 3 heterocycles. The molecular weight excluding hydrogens is 560 g/mol. The average Bonchev–Trinajstić information content (AvgIpc) is 3.61. The third-order valence-electron chi connectivity index (χ3n) is 6.95. The molecule has 2 aliphatic heterocycles. The van der Waals surface area contributed by atoms with E-state index >= 15 is 0 Å². The molecule has 2 unspecified atom stereocenters. The zero-order chi connectivity index (χ0) is 30.1. The molecule has 0 radical (unpaired) electrons. The van der Waals surface area contributed by atoms with E-state index in [1.54, 1.807) is 50.2 Å². The summed E-state index contributed by atoms with van der Waals surface area (Å²) in [6.45, 7) is 9.91. The van der Waals surface area contributed by atoms with Gasteiger partial charge in [0.1, 0.15) is 22.5 Å². The number of aliphatic hydroxyl groups is 1. The first-order valence-electron chi connectivity index (χ1n) is 13.8. The van der Waals surface area contributed by atoms with Crippen molar-refractivity contribution in [3.05, 3.63) is 69.2 Å². The summed E-state index contributed by atoms with van der Waals surface area (Å²) in [6, 6.07) is 9.23. The molecular formula is C31H32N2O8S. The lowest BCUT2D eigenvalue weighted by molar-refractivity contribution is -0.132. The second-order valence-corrected chi connectivity index (χ2v) is 10.8. The van der Waals surface area contributed by atoms with Crippen molar-refractivity contribution in [1.82, 2.24) is 4.98 Å². The Morgan fingerprint density at radius 1 is 1.07 bits per heavy atom. The normalized spacial score (nSPS) is 19.0. The van der Waals surface area contributed by atoms with Crippen molar-refractivity contribution in [3.63, 3.8) is 0 Å². The summed E-state index contributed by atoms with van der Waals surface area (Å²) in [5.74, 6) is -1.00. The van der Waals surface area contributed by atoms with Crippen LogP contribution in [0.4, 0.5) is 5.13 Å². The minimum Gasteiger partial charge on any atom is -0.507 e. The van der Waals surface area contributed by atoms with Crippen LogP contribution >= 0.6 is 11.3 Å². The number of esters is 1. The third kappa shape index (κ3) is 5.20. The maximum atomic E-state index is 13.7. The molecule has 1 saturated heterocycles. The fourth-order valence-electron chi connectivity index (χ4n) is 5.18. The Morgan fingerprint density at radius 3 is 2.52 bits per heavy atom. The number of carbonyl (C=O) groups excluding carboxylic acids is 3. The van der Waals surface area contributed by atoms with Crippen LogP contribution in [0.3, 0.4) is 0 Å².